The molecule has 0 fully saturated rings. The van der Waals surface area contributed by atoms with Crippen molar-refractivity contribution in [3.8, 4) is 11.1 Å². The first-order chi connectivity index (χ1) is 10.4. The van der Waals surface area contributed by atoms with Crippen LogP contribution in [-0.4, -0.2) is 14.6 Å². The molecule has 22 heavy (non-hydrogen) atoms. The van der Waals surface area contributed by atoms with E-state index in [4.69, 9.17) is 28.2 Å². The molecule has 0 spiro atoms. The van der Waals surface area contributed by atoms with E-state index < -0.39 is 0 Å². The Kier molecular flexibility index (Phi) is 3.87. The van der Waals surface area contributed by atoms with Crippen molar-refractivity contribution < 1.29 is 0 Å². The molecule has 2 heterocycles. The van der Waals surface area contributed by atoms with Gasteiger partial charge in [-0.1, -0.05) is 55.2 Å². The van der Waals surface area contributed by atoms with Crippen LogP contribution >= 0.6 is 23.2 Å². The van der Waals surface area contributed by atoms with E-state index in [1.165, 1.54) is 0 Å². The molecular formula is C17H17Cl2N3. The number of fused-ring (bicyclic) bond motifs is 1. The summed E-state index contributed by atoms with van der Waals surface area (Å²) in [5.74, 6) is 0.290. The van der Waals surface area contributed by atoms with Crippen LogP contribution in [0.25, 0.3) is 16.8 Å². The van der Waals surface area contributed by atoms with E-state index in [2.05, 4.69) is 18.9 Å². The number of aryl methyl sites for hydroxylation is 2. The number of hydrogen-bond acceptors (Lipinski definition) is 2. The Balaban J connectivity index is 2.39. The highest BCUT2D eigenvalue weighted by Gasteiger charge is 2.21. The second kappa shape index (κ2) is 5.56. The second-order valence-electron chi connectivity index (χ2n) is 5.73. The molecule has 0 saturated carbocycles. The Morgan fingerprint density at radius 1 is 1.05 bits per heavy atom. The smallest absolute Gasteiger partial charge is 0.165 e. The summed E-state index contributed by atoms with van der Waals surface area (Å²) in [6.07, 6.45) is 0. The van der Waals surface area contributed by atoms with Gasteiger partial charge in [-0.25, -0.2) is 9.50 Å². The molecule has 0 saturated heterocycles. The molecule has 0 aliphatic heterocycles. The second-order valence-corrected chi connectivity index (χ2v) is 6.50. The Labute approximate surface area is 139 Å². The summed E-state index contributed by atoms with van der Waals surface area (Å²) in [4.78, 5) is 4.75. The van der Waals surface area contributed by atoms with Crippen molar-refractivity contribution in [3.05, 3.63) is 51.4 Å². The lowest BCUT2D eigenvalue weighted by Gasteiger charge is -2.13. The lowest BCUT2D eigenvalue weighted by atomic mass is 10.0. The van der Waals surface area contributed by atoms with Crippen LogP contribution in [0.5, 0.6) is 0 Å². The summed E-state index contributed by atoms with van der Waals surface area (Å²) in [7, 11) is 0. The van der Waals surface area contributed by atoms with Crippen LogP contribution in [0.15, 0.2) is 24.3 Å². The average Bonchev–Trinajstić information content (AvgIpc) is 2.76. The molecule has 3 nitrogen and oxygen atoms in total. The van der Waals surface area contributed by atoms with Crippen LogP contribution in [0.4, 0.5) is 0 Å². The minimum atomic E-state index is 0.290. The lowest BCUT2D eigenvalue weighted by Crippen LogP contribution is -2.04. The zero-order valence-corrected chi connectivity index (χ0v) is 14.5. The fourth-order valence-electron chi connectivity index (χ4n) is 2.87. The number of rotatable bonds is 2. The highest BCUT2D eigenvalue weighted by molar-refractivity contribution is 6.33. The van der Waals surface area contributed by atoms with Gasteiger partial charge in [-0.3, -0.25) is 0 Å². The highest BCUT2D eigenvalue weighted by Crippen LogP contribution is 2.36. The van der Waals surface area contributed by atoms with Crippen molar-refractivity contribution in [1.82, 2.24) is 14.6 Å². The Bertz CT molecular complexity index is 866. The Morgan fingerprint density at radius 3 is 2.36 bits per heavy atom. The molecule has 0 N–H and O–H groups in total. The van der Waals surface area contributed by atoms with Crippen LogP contribution in [0.3, 0.4) is 0 Å². The van der Waals surface area contributed by atoms with E-state index in [0.717, 1.165) is 33.7 Å². The van der Waals surface area contributed by atoms with E-state index in [9.17, 15) is 0 Å². The third kappa shape index (κ3) is 2.29. The van der Waals surface area contributed by atoms with E-state index >= 15 is 0 Å². The van der Waals surface area contributed by atoms with Crippen LogP contribution in [0.2, 0.25) is 10.2 Å². The van der Waals surface area contributed by atoms with Gasteiger partial charge in [-0.2, -0.15) is 5.10 Å². The number of nitrogens with zero attached hydrogens (tertiary/aromatic N) is 3. The Hall–Kier alpha value is -1.58. The van der Waals surface area contributed by atoms with Gasteiger partial charge in [0.05, 0.1) is 11.3 Å². The molecule has 0 aliphatic carbocycles. The van der Waals surface area contributed by atoms with Gasteiger partial charge in [-0.05, 0) is 25.8 Å². The fourth-order valence-corrected chi connectivity index (χ4v) is 3.58. The van der Waals surface area contributed by atoms with Gasteiger partial charge in [-0.15, -0.1) is 0 Å². The first-order valence-electron chi connectivity index (χ1n) is 7.22. The SMILES string of the molecule is Cc1nc2c(-c3ccccc3Cl)c(C)nn2c(Cl)c1C(C)C. The van der Waals surface area contributed by atoms with Crippen molar-refractivity contribution in [1.29, 1.82) is 0 Å². The van der Waals surface area contributed by atoms with Crippen molar-refractivity contribution >= 4 is 28.8 Å². The summed E-state index contributed by atoms with van der Waals surface area (Å²) >= 11 is 12.9. The molecule has 0 aliphatic rings. The molecular weight excluding hydrogens is 317 g/mol. The first kappa shape index (κ1) is 15.3. The molecule has 114 valence electrons. The molecule has 0 bridgehead atoms. The van der Waals surface area contributed by atoms with Crippen LogP contribution in [0.1, 0.15) is 36.7 Å². The third-order valence-corrected chi connectivity index (χ3v) is 4.52. The molecule has 0 atom stereocenters. The fraction of sp³-hybridized carbons (Fsp3) is 0.294. The summed E-state index contributed by atoms with van der Waals surface area (Å²) in [6, 6.07) is 7.72. The van der Waals surface area contributed by atoms with Gasteiger partial charge >= 0.3 is 0 Å². The quantitative estimate of drug-likeness (QED) is 0.584. The van der Waals surface area contributed by atoms with Crippen molar-refractivity contribution in [2.24, 2.45) is 0 Å². The van der Waals surface area contributed by atoms with Crippen molar-refractivity contribution in [3.63, 3.8) is 0 Å². The summed E-state index contributed by atoms with van der Waals surface area (Å²) in [5.41, 5.74) is 5.44. The van der Waals surface area contributed by atoms with E-state index in [1.54, 1.807) is 4.52 Å². The molecule has 3 aromatic rings. The highest BCUT2D eigenvalue weighted by atomic mass is 35.5. The number of hydrogen-bond donors (Lipinski definition) is 0. The summed E-state index contributed by atoms with van der Waals surface area (Å²) in [5, 5.41) is 5.89. The first-order valence-corrected chi connectivity index (χ1v) is 7.97. The van der Waals surface area contributed by atoms with Gasteiger partial charge in [0.25, 0.3) is 0 Å². The van der Waals surface area contributed by atoms with Gasteiger partial charge in [0.1, 0.15) is 5.15 Å². The van der Waals surface area contributed by atoms with E-state index in [0.29, 0.717) is 10.2 Å². The van der Waals surface area contributed by atoms with Crippen LogP contribution in [-0.2, 0) is 0 Å². The zero-order chi connectivity index (χ0) is 16.0. The van der Waals surface area contributed by atoms with Gasteiger partial charge in [0.2, 0.25) is 0 Å². The van der Waals surface area contributed by atoms with Crippen LogP contribution in [0, 0.1) is 13.8 Å². The molecule has 0 radical (unpaired) electrons. The predicted molar refractivity (Wildman–Crippen MR) is 92.0 cm³/mol. The maximum absolute atomic E-state index is 6.58. The summed E-state index contributed by atoms with van der Waals surface area (Å²) in [6.45, 7) is 8.15. The maximum atomic E-state index is 6.58. The standard InChI is InChI=1S/C17H17Cl2N3/c1-9(2)14-10(3)20-17-15(11(4)21-22(17)16(14)19)12-7-5-6-8-13(12)18/h5-9H,1-4H3. The molecule has 3 rings (SSSR count). The van der Waals surface area contributed by atoms with Gasteiger partial charge in [0.15, 0.2) is 5.65 Å². The molecule has 2 aromatic heterocycles. The van der Waals surface area contributed by atoms with Crippen LogP contribution < -0.4 is 0 Å². The third-order valence-electron chi connectivity index (χ3n) is 3.83. The number of benzene rings is 1. The predicted octanol–water partition coefficient (Wildman–Crippen LogP) is 5.44. The zero-order valence-electron chi connectivity index (χ0n) is 13.0. The topological polar surface area (TPSA) is 30.2 Å². The van der Waals surface area contributed by atoms with Gasteiger partial charge < -0.3 is 0 Å². The van der Waals surface area contributed by atoms with Crippen molar-refractivity contribution in [2.75, 3.05) is 0 Å². The molecule has 0 amide bonds. The average molecular weight is 334 g/mol. The van der Waals surface area contributed by atoms with Crippen molar-refractivity contribution in [2.45, 2.75) is 33.6 Å². The summed E-state index contributed by atoms with van der Waals surface area (Å²) < 4.78 is 1.72. The van der Waals surface area contributed by atoms with E-state index in [-0.39, 0.29) is 5.92 Å². The molecule has 5 heteroatoms. The van der Waals surface area contributed by atoms with Gasteiger partial charge in [0, 0.05) is 21.8 Å². The minimum absolute atomic E-state index is 0.290. The Morgan fingerprint density at radius 2 is 1.73 bits per heavy atom. The van der Waals surface area contributed by atoms with E-state index in [1.807, 2.05) is 38.1 Å². The lowest BCUT2D eigenvalue weighted by molar-refractivity contribution is 0.804. The number of aromatic nitrogens is 3. The molecule has 0 unspecified atom stereocenters. The minimum Gasteiger partial charge on any atom is -0.233 e. The maximum Gasteiger partial charge on any atom is 0.165 e. The molecule has 1 aromatic carbocycles. The monoisotopic (exact) mass is 333 g/mol. The number of halogens is 2. The normalized spacial score (nSPS) is 11.6. The largest absolute Gasteiger partial charge is 0.233 e.